The molecule has 1 atom stereocenters. The minimum absolute atomic E-state index is 0.153. The number of carboxylic acid groups (broad SMARTS) is 1. The minimum atomic E-state index is -0.836. The van der Waals surface area contributed by atoms with E-state index in [1.807, 2.05) is 30.0 Å². The van der Waals surface area contributed by atoms with E-state index >= 15 is 0 Å². The molecule has 0 radical (unpaired) electrons. The molecule has 2 aromatic carbocycles. The van der Waals surface area contributed by atoms with E-state index in [1.165, 1.54) is 6.20 Å². The van der Waals surface area contributed by atoms with Gasteiger partial charge in [-0.25, -0.2) is 0 Å². The van der Waals surface area contributed by atoms with E-state index in [9.17, 15) is 15.2 Å². The predicted molar refractivity (Wildman–Crippen MR) is 188 cm³/mol. The number of carboxylic acids is 1. The summed E-state index contributed by atoms with van der Waals surface area (Å²) in [4.78, 5) is 22.7. The molecule has 1 aliphatic rings. The Kier molecular flexibility index (Phi) is 12.3. The quantitative estimate of drug-likeness (QED) is 0.101. The summed E-state index contributed by atoms with van der Waals surface area (Å²) in [5.41, 5.74) is 6.82. The highest BCUT2D eigenvalue weighted by Gasteiger charge is 2.29. The molecule has 0 bridgehead atoms. The zero-order valence-corrected chi connectivity index (χ0v) is 29.4. The Labute approximate surface area is 294 Å². The van der Waals surface area contributed by atoms with Gasteiger partial charge in [-0.2, -0.15) is 5.26 Å². The maximum atomic E-state index is 12.0. The lowest BCUT2D eigenvalue weighted by Crippen LogP contribution is -2.44. The van der Waals surface area contributed by atoms with Crippen molar-refractivity contribution in [1.29, 1.82) is 5.26 Å². The molecule has 11 heteroatoms. The third kappa shape index (κ3) is 8.64. The van der Waals surface area contributed by atoms with Crippen molar-refractivity contribution in [2.24, 2.45) is 0 Å². The fourth-order valence-electron chi connectivity index (χ4n) is 5.87. The van der Waals surface area contributed by atoms with Crippen molar-refractivity contribution in [2.75, 3.05) is 18.5 Å². The van der Waals surface area contributed by atoms with Crippen LogP contribution in [-0.4, -0.2) is 50.5 Å². The first-order valence-corrected chi connectivity index (χ1v) is 17.4. The molecule has 9 nitrogen and oxygen atoms in total. The van der Waals surface area contributed by atoms with Gasteiger partial charge in [0.2, 0.25) is 0 Å². The van der Waals surface area contributed by atoms with Crippen LogP contribution in [0.3, 0.4) is 0 Å². The number of ether oxygens (including phenoxy) is 3. The summed E-state index contributed by atoms with van der Waals surface area (Å²) < 4.78 is 18.6. The highest BCUT2D eigenvalue weighted by molar-refractivity contribution is 9.09. The number of hydrogen-bond acceptors (Lipinski definition) is 8. The van der Waals surface area contributed by atoms with Gasteiger partial charge in [-0.3, -0.25) is 19.7 Å². The number of benzene rings is 2. The average molecular weight is 734 g/mol. The van der Waals surface area contributed by atoms with E-state index in [-0.39, 0.29) is 13.2 Å². The van der Waals surface area contributed by atoms with E-state index in [0.717, 1.165) is 69.4 Å². The van der Waals surface area contributed by atoms with Crippen molar-refractivity contribution in [3.05, 3.63) is 99.6 Å². The van der Waals surface area contributed by atoms with Gasteiger partial charge < -0.3 is 19.3 Å². The minimum Gasteiger partial charge on any atom is -0.493 e. The van der Waals surface area contributed by atoms with Gasteiger partial charge in [-0.1, -0.05) is 46.1 Å². The lowest BCUT2D eigenvalue weighted by molar-refractivity contribution is -0.144. The molecule has 250 valence electrons. The molecule has 5 rings (SSSR count). The summed E-state index contributed by atoms with van der Waals surface area (Å²) in [5, 5.41) is 20.4. The zero-order chi connectivity index (χ0) is 34.0. The van der Waals surface area contributed by atoms with Crippen LogP contribution in [0.5, 0.6) is 17.2 Å². The topological polar surface area (TPSA) is 118 Å². The molecule has 2 aromatic heterocycles. The number of nitrogens with zero attached hydrogens (tertiary/aromatic N) is 4. The van der Waals surface area contributed by atoms with Gasteiger partial charge in [-0.15, -0.1) is 0 Å². The predicted octanol–water partition coefficient (Wildman–Crippen LogP) is 8.05. The lowest BCUT2D eigenvalue weighted by atomic mass is 9.96. The van der Waals surface area contributed by atoms with Crippen molar-refractivity contribution < 1.29 is 24.1 Å². The van der Waals surface area contributed by atoms with Crippen LogP contribution in [0.25, 0.3) is 11.1 Å². The average Bonchev–Trinajstić information content (AvgIpc) is 3.09. The Balaban J connectivity index is 1.40. The summed E-state index contributed by atoms with van der Waals surface area (Å²) in [6, 6.07) is 14.8. The molecule has 0 spiro atoms. The van der Waals surface area contributed by atoms with Crippen LogP contribution in [0.1, 0.15) is 59.2 Å². The second-order valence-corrected chi connectivity index (χ2v) is 12.9. The van der Waals surface area contributed by atoms with Gasteiger partial charge in [0.05, 0.1) is 22.9 Å². The number of piperidine rings is 1. The van der Waals surface area contributed by atoms with Crippen LogP contribution in [0.2, 0.25) is 5.02 Å². The fraction of sp³-hybridized carbons (Fsp3) is 0.351. The molecule has 3 heterocycles. The van der Waals surface area contributed by atoms with Gasteiger partial charge in [0.1, 0.15) is 42.6 Å². The Morgan fingerprint density at radius 3 is 2.65 bits per heavy atom. The number of halogens is 2. The van der Waals surface area contributed by atoms with Crippen LogP contribution < -0.4 is 14.2 Å². The maximum absolute atomic E-state index is 12.0. The van der Waals surface area contributed by atoms with E-state index < -0.39 is 12.0 Å². The van der Waals surface area contributed by atoms with Crippen molar-refractivity contribution in [3.63, 3.8) is 0 Å². The van der Waals surface area contributed by atoms with Crippen molar-refractivity contribution in [1.82, 2.24) is 14.9 Å². The van der Waals surface area contributed by atoms with Gasteiger partial charge >= 0.3 is 5.97 Å². The number of aromatic nitrogens is 2. The monoisotopic (exact) mass is 732 g/mol. The normalized spacial score (nSPS) is 14.7. The molecule has 1 fully saturated rings. The molecule has 4 aromatic rings. The second-order valence-electron chi connectivity index (χ2n) is 11.7. The van der Waals surface area contributed by atoms with E-state index in [2.05, 4.69) is 45.0 Å². The number of aliphatic carboxylic acids is 1. The summed E-state index contributed by atoms with van der Waals surface area (Å²) >= 11 is 10.3. The first-order chi connectivity index (χ1) is 23.3. The molecule has 48 heavy (non-hydrogen) atoms. The first kappa shape index (κ1) is 35.1. The van der Waals surface area contributed by atoms with E-state index in [1.54, 1.807) is 30.6 Å². The molecule has 0 aliphatic carbocycles. The van der Waals surface area contributed by atoms with Crippen LogP contribution >= 0.6 is 27.5 Å². The Morgan fingerprint density at radius 2 is 1.85 bits per heavy atom. The molecule has 1 saturated heterocycles. The molecule has 1 aliphatic heterocycles. The zero-order valence-electron chi connectivity index (χ0n) is 27.0. The smallest absolute Gasteiger partial charge is 0.320 e. The molecule has 1 unspecified atom stereocenters. The number of carbonyl (C=O) groups is 1. The molecular formula is C37H38BrClN4O5. The van der Waals surface area contributed by atoms with Crippen molar-refractivity contribution in [3.8, 4) is 34.4 Å². The summed E-state index contributed by atoms with van der Waals surface area (Å²) in [6.07, 6.45) is 8.22. The van der Waals surface area contributed by atoms with E-state index in [0.29, 0.717) is 48.2 Å². The van der Waals surface area contributed by atoms with Gasteiger partial charge in [-0.05, 0) is 86.2 Å². The van der Waals surface area contributed by atoms with Crippen molar-refractivity contribution >= 4 is 33.5 Å². The summed E-state index contributed by atoms with van der Waals surface area (Å²) in [6.45, 7) is 6.05. The SMILES string of the molecule is Cc1c(OCCCBr)cccc1-c1ccnc(COc2cc(OCc3cncc(C#N)c3)c(CN3CCCCC3C(=O)O)cc2Cl)c1C. The summed E-state index contributed by atoms with van der Waals surface area (Å²) in [7, 11) is 0. The lowest BCUT2D eigenvalue weighted by Gasteiger charge is -2.33. The summed E-state index contributed by atoms with van der Waals surface area (Å²) in [5.74, 6) is 0.947. The van der Waals surface area contributed by atoms with Crippen LogP contribution in [-0.2, 0) is 24.6 Å². The third-order valence-electron chi connectivity index (χ3n) is 8.49. The van der Waals surface area contributed by atoms with Crippen molar-refractivity contribution in [2.45, 2.75) is 65.3 Å². The number of hydrogen-bond donors (Lipinski definition) is 1. The van der Waals surface area contributed by atoms with Crippen LogP contribution in [0.15, 0.2) is 61.1 Å². The largest absolute Gasteiger partial charge is 0.493 e. The molecular weight excluding hydrogens is 696 g/mol. The van der Waals surface area contributed by atoms with Crippen LogP contribution in [0.4, 0.5) is 0 Å². The van der Waals surface area contributed by atoms with E-state index in [4.69, 9.17) is 25.8 Å². The second kappa shape index (κ2) is 16.8. The number of alkyl halides is 1. The van der Waals surface area contributed by atoms with Gasteiger partial charge in [0.25, 0.3) is 0 Å². The third-order valence-corrected chi connectivity index (χ3v) is 9.34. The molecule has 1 N–H and O–H groups in total. The number of rotatable bonds is 14. The van der Waals surface area contributed by atoms with Gasteiger partial charge in [0, 0.05) is 47.7 Å². The maximum Gasteiger partial charge on any atom is 0.320 e. The van der Waals surface area contributed by atoms with Gasteiger partial charge in [0.15, 0.2) is 0 Å². The molecule has 0 amide bonds. The Bertz CT molecular complexity index is 1800. The Hall–Kier alpha value is -4.17. The number of likely N-dealkylation sites (tertiary alicyclic amines) is 1. The standard InChI is InChI=1S/C37H38BrClN4O5/c1-24-30(29-7-5-9-34(25(29)2)46-14-6-11-38)10-12-42-32(24)23-48-36-17-35(47-22-27-15-26(18-40)19-41-20-27)28(16-31(36)39)21-43-13-4-3-8-33(43)37(44)45/h5,7,9-10,12,15-17,19-20,33H,3-4,6,8,11,13-14,21-23H2,1-2H3,(H,44,45). The Morgan fingerprint density at radius 1 is 1.04 bits per heavy atom. The fourth-order valence-corrected chi connectivity index (χ4v) is 6.34. The highest BCUT2D eigenvalue weighted by Crippen LogP contribution is 2.37. The highest BCUT2D eigenvalue weighted by atomic mass is 79.9. The number of pyridine rings is 2. The molecule has 0 saturated carbocycles. The number of nitriles is 1. The first-order valence-electron chi connectivity index (χ1n) is 15.9. The van der Waals surface area contributed by atoms with Crippen LogP contribution in [0, 0.1) is 25.2 Å².